The molecule has 7 nitrogen and oxygen atoms in total. The van der Waals surface area contributed by atoms with E-state index < -0.39 is 0 Å². The molecule has 0 saturated carbocycles. The number of morpholine rings is 1. The lowest BCUT2D eigenvalue weighted by atomic mass is 10.2. The fourth-order valence-electron chi connectivity index (χ4n) is 3.83. The first-order valence-electron chi connectivity index (χ1n) is 10.4. The van der Waals surface area contributed by atoms with Gasteiger partial charge in [-0.2, -0.15) is 0 Å². The van der Waals surface area contributed by atoms with Crippen molar-refractivity contribution in [2.45, 2.75) is 19.0 Å². The highest BCUT2D eigenvalue weighted by Gasteiger charge is 2.24. The Labute approximate surface area is 173 Å². The van der Waals surface area contributed by atoms with Crippen molar-refractivity contribution in [2.24, 2.45) is 4.99 Å². The van der Waals surface area contributed by atoms with Gasteiger partial charge in [0, 0.05) is 70.3 Å². The molecule has 2 aliphatic rings. The maximum absolute atomic E-state index is 5.54. The molecule has 1 aromatic rings. The lowest BCUT2D eigenvalue weighted by molar-refractivity contribution is 0.0177. The molecule has 0 aromatic carbocycles. The number of guanidine groups is 1. The SMILES string of the molecule is CN=C(NCC(C)N1CCN(C)CC1)NCC(c1cccs1)N1CCOCC1. The largest absolute Gasteiger partial charge is 0.379 e. The fourth-order valence-corrected chi connectivity index (χ4v) is 4.69. The van der Waals surface area contributed by atoms with E-state index in [9.17, 15) is 0 Å². The van der Waals surface area contributed by atoms with Crippen LogP contribution in [0.4, 0.5) is 0 Å². The Hall–Kier alpha value is -1.19. The van der Waals surface area contributed by atoms with Crippen LogP contribution in [0.5, 0.6) is 0 Å². The van der Waals surface area contributed by atoms with Crippen LogP contribution >= 0.6 is 11.3 Å². The van der Waals surface area contributed by atoms with Crippen molar-refractivity contribution in [2.75, 3.05) is 79.7 Å². The Kier molecular flexibility index (Phi) is 8.54. The van der Waals surface area contributed by atoms with E-state index in [4.69, 9.17) is 4.74 Å². The highest BCUT2D eigenvalue weighted by atomic mass is 32.1. The minimum atomic E-state index is 0.359. The Balaban J connectivity index is 1.48. The molecule has 2 N–H and O–H groups in total. The van der Waals surface area contributed by atoms with Crippen molar-refractivity contribution in [1.82, 2.24) is 25.3 Å². The molecule has 2 atom stereocenters. The summed E-state index contributed by atoms with van der Waals surface area (Å²) < 4.78 is 5.54. The molecule has 1 aromatic heterocycles. The average molecular weight is 409 g/mol. The molecule has 28 heavy (non-hydrogen) atoms. The van der Waals surface area contributed by atoms with Gasteiger partial charge >= 0.3 is 0 Å². The summed E-state index contributed by atoms with van der Waals surface area (Å²) in [5.41, 5.74) is 0. The van der Waals surface area contributed by atoms with Crippen LogP contribution in [0.2, 0.25) is 0 Å². The molecule has 158 valence electrons. The number of piperazine rings is 1. The van der Waals surface area contributed by atoms with Crippen LogP contribution < -0.4 is 10.6 Å². The van der Waals surface area contributed by atoms with Gasteiger partial charge in [0.1, 0.15) is 0 Å². The smallest absolute Gasteiger partial charge is 0.191 e. The lowest BCUT2D eigenvalue weighted by Crippen LogP contribution is -2.53. The van der Waals surface area contributed by atoms with Gasteiger partial charge in [0.25, 0.3) is 0 Å². The second kappa shape index (κ2) is 11.1. The van der Waals surface area contributed by atoms with Crippen LogP contribution in [0, 0.1) is 0 Å². The first-order chi connectivity index (χ1) is 13.7. The zero-order valence-corrected chi connectivity index (χ0v) is 18.4. The van der Waals surface area contributed by atoms with E-state index in [1.165, 1.54) is 4.88 Å². The van der Waals surface area contributed by atoms with Crippen LogP contribution in [0.3, 0.4) is 0 Å². The van der Waals surface area contributed by atoms with Crippen LogP contribution in [-0.4, -0.2) is 106 Å². The van der Waals surface area contributed by atoms with Gasteiger partial charge < -0.3 is 20.3 Å². The third kappa shape index (κ3) is 6.15. The minimum Gasteiger partial charge on any atom is -0.379 e. The second-order valence-electron chi connectivity index (χ2n) is 7.70. The number of rotatable bonds is 7. The van der Waals surface area contributed by atoms with E-state index >= 15 is 0 Å². The summed E-state index contributed by atoms with van der Waals surface area (Å²) in [5.74, 6) is 0.885. The van der Waals surface area contributed by atoms with Crippen molar-refractivity contribution in [3.8, 4) is 0 Å². The van der Waals surface area contributed by atoms with Gasteiger partial charge in [0.05, 0.1) is 19.3 Å². The molecule has 3 heterocycles. The van der Waals surface area contributed by atoms with E-state index in [2.05, 4.69) is 61.8 Å². The number of hydrogen-bond donors (Lipinski definition) is 2. The number of nitrogens with one attached hydrogen (secondary N) is 2. The molecule has 0 aliphatic carbocycles. The highest BCUT2D eigenvalue weighted by molar-refractivity contribution is 7.10. The Bertz CT molecular complexity index is 582. The first kappa shape index (κ1) is 21.5. The van der Waals surface area contributed by atoms with Crippen LogP contribution in [0.15, 0.2) is 22.5 Å². The number of thiophene rings is 1. The van der Waals surface area contributed by atoms with Gasteiger partial charge in [-0.3, -0.25) is 14.8 Å². The molecule has 8 heteroatoms. The van der Waals surface area contributed by atoms with Crippen molar-refractivity contribution in [3.63, 3.8) is 0 Å². The molecular formula is C20H36N6OS. The normalized spacial score (nSPS) is 22.8. The lowest BCUT2D eigenvalue weighted by Gasteiger charge is -2.37. The molecule has 0 spiro atoms. The molecule has 0 amide bonds. The molecule has 0 radical (unpaired) electrons. The highest BCUT2D eigenvalue weighted by Crippen LogP contribution is 2.25. The molecular weight excluding hydrogens is 372 g/mol. The van der Waals surface area contributed by atoms with Crippen LogP contribution in [0.25, 0.3) is 0 Å². The summed E-state index contributed by atoms with van der Waals surface area (Å²) in [7, 11) is 4.05. The molecule has 0 bridgehead atoms. The second-order valence-corrected chi connectivity index (χ2v) is 8.68. The van der Waals surface area contributed by atoms with E-state index in [0.717, 1.165) is 71.5 Å². The third-order valence-electron chi connectivity index (χ3n) is 5.77. The van der Waals surface area contributed by atoms with Crippen LogP contribution in [0.1, 0.15) is 17.8 Å². The van der Waals surface area contributed by atoms with Crippen molar-refractivity contribution >= 4 is 17.3 Å². The van der Waals surface area contributed by atoms with E-state index in [0.29, 0.717) is 12.1 Å². The molecule has 2 fully saturated rings. The standard InChI is InChI=1S/C20H36N6OS/c1-17(25-8-6-24(3)7-9-25)15-22-20(21-2)23-16-18(19-5-4-14-28-19)26-10-12-27-13-11-26/h4-5,14,17-18H,6-13,15-16H2,1-3H3,(H2,21,22,23). The van der Waals surface area contributed by atoms with Gasteiger partial charge in [0.15, 0.2) is 5.96 Å². The summed E-state index contributed by atoms with van der Waals surface area (Å²) in [6.45, 7) is 12.2. The van der Waals surface area contributed by atoms with Gasteiger partial charge in [-0.15, -0.1) is 11.3 Å². The van der Waals surface area contributed by atoms with E-state index in [1.54, 1.807) is 0 Å². The molecule has 2 unspecified atom stereocenters. The quantitative estimate of drug-likeness (QED) is 0.517. The predicted octanol–water partition coefficient (Wildman–Crippen LogP) is 0.922. The Morgan fingerprint density at radius 3 is 2.46 bits per heavy atom. The zero-order chi connectivity index (χ0) is 19.8. The third-order valence-corrected chi connectivity index (χ3v) is 6.74. The number of nitrogens with zero attached hydrogens (tertiary/aromatic N) is 4. The maximum Gasteiger partial charge on any atom is 0.191 e. The maximum atomic E-state index is 5.54. The number of hydrogen-bond acceptors (Lipinski definition) is 6. The molecule has 2 saturated heterocycles. The van der Waals surface area contributed by atoms with Gasteiger partial charge in [-0.05, 0) is 25.4 Å². The monoisotopic (exact) mass is 408 g/mol. The summed E-state index contributed by atoms with van der Waals surface area (Å²) in [4.78, 5) is 13.3. The van der Waals surface area contributed by atoms with Gasteiger partial charge in [-0.1, -0.05) is 6.07 Å². The number of likely N-dealkylation sites (N-methyl/N-ethyl adjacent to an activating group) is 1. The molecule has 2 aliphatic heterocycles. The zero-order valence-electron chi connectivity index (χ0n) is 17.6. The number of ether oxygens (including phenoxy) is 1. The fraction of sp³-hybridized carbons (Fsp3) is 0.750. The van der Waals surface area contributed by atoms with Crippen molar-refractivity contribution < 1.29 is 4.74 Å². The van der Waals surface area contributed by atoms with Crippen molar-refractivity contribution in [1.29, 1.82) is 0 Å². The minimum absolute atomic E-state index is 0.359. The molecule has 3 rings (SSSR count). The average Bonchev–Trinajstić information content (AvgIpc) is 3.26. The summed E-state index contributed by atoms with van der Waals surface area (Å²) in [5, 5.41) is 9.24. The summed E-state index contributed by atoms with van der Waals surface area (Å²) >= 11 is 1.83. The summed E-state index contributed by atoms with van der Waals surface area (Å²) in [6.07, 6.45) is 0. The van der Waals surface area contributed by atoms with Gasteiger partial charge in [0.2, 0.25) is 0 Å². The Morgan fingerprint density at radius 1 is 1.11 bits per heavy atom. The topological polar surface area (TPSA) is 55.4 Å². The first-order valence-corrected chi connectivity index (χ1v) is 11.3. The summed E-state index contributed by atoms with van der Waals surface area (Å²) in [6, 6.07) is 5.23. The van der Waals surface area contributed by atoms with E-state index in [1.807, 2.05) is 18.4 Å². The predicted molar refractivity (Wildman–Crippen MR) is 117 cm³/mol. The Morgan fingerprint density at radius 2 is 1.82 bits per heavy atom. The van der Waals surface area contributed by atoms with Gasteiger partial charge in [-0.25, -0.2) is 0 Å². The van der Waals surface area contributed by atoms with Crippen molar-refractivity contribution in [3.05, 3.63) is 22.4 Å². The van der Waals surface area contributed by atoms with E-state index in [-0.39, 0.29) is 0 Å². The number of aliphatic imine (C=N–C) groups is 1. The van der Waals surface area contributed by atoms with Crippen LogP contribution in [-0.2, 0) is 4.74 Å².